The lowest BCUT2D eigenvalue weighted by molar-refractivity contribution is -0.122. The largest absolute Gasteiger partial charge is 0.353 e. The van der Waals surface area contributed by atoms with Crippen LogP contribution in [0.25, 0.3) is 0 Å². The second kappa shape index (κ2) is 21.7. The molecule has 1 saturated carbocycles. The van der Waals surface area contributed by atoms with Crippen LogP contribution in [-0.2, 0) is 4.79 Å². The van der Waals surface area contributed by atoms with Crippen LogP contribution in [0.4, 0.5) is 0 Å². The molecule has 1 rings (SSSR count). The molecule has 0 bridgehead atoms. The number of carbonyl (C=O) groups excluding carboxylic acids is 1. The van der Waals surface area contributed by atoms with Gasteiger partial charge in [0.1, 0.15) is 0 Å². The van der Waals surface area contributed by atoms with Gasteiger partial charge in [0, 0.05) is 12.5 Å². The third-order valence-corrected chi connectivity index (χ3v) is 6.98. The van der Waals surface area contributed by atoms with Crippen molar-refractivity contribution in [1.82, 2.24) is 5.32 Å². The Morgan fingerprint density at radius 3 is 1.33 bits per heavy atom. The van der Waals surface area contributed by atoms with Crippen LogP contribution in [0.5, 0.6) is 0 Å². The molecule has 0 unspecified atom stereocenters. The molecule has 0 aromatic carbocycles. The van der Waals surface area contributed by atoms with Crippen molar-refractivity contribution < 1.29 is 4.79 Å². The summed E-state index contributed by atoms with van der Waals surface area (Å²) < 4.78 is 0. The van der Waals surface area contributed by atoms with Gasteiger partial charge in [-0.15, -0.1) is 0 Å². The SMILES string of the molecule is CCCCCCCCCCCCCCCCCCCCCC(=O)NC1CCCCC1. The zero-order valence-electron chi connectivity index (χ0n) is 20.7. The summed E-state index contributed by atoms with van der Waals surface area (Å²) >= 11 is 0. The minimum atomic E-state index is 0.300. The van der Waals surface area contributed by atoms with Gasteiger partial charge in [0.05, 0.1) is 0 Å². The molecule has 1 aliphatic carbocycles. The summed E-state index contributed by atoms with van der Waals surface area (Å²) in [6, 6.07) is 0.478. The number of hydrogen-bond donors (Lipinski definition) is 1. The van der Waals surface area contributed by atoms with Crippen LogP contribution in [0.1, 0.15) is 167 Å². The highest BCUT2D eigenvalue weighted by Crippen LogP contribution is 2.18. The molecule has 2 nitrogen and oxygen atoms in total. The van der Waals surface area contributed by atoms with Crippen LogP contribution >= 0.6 is 0 Å². The number of amides is 1. The molecule has 0 saturated heterocycles. The van der Waals surface area contributed by atoms with Crippen molar-refractivity contribution in [3.63, 3.8) is 0 Å². The first kappa shape index (κ1) is 27.5. The number of rotatable bonds is 21. The van der Waals surface area contributed by atoms with Gasteiger partial charge in [-0.2, -0.15) is 0 Å². The number of carbonyl (C=O) groups is 1. The van der Waals surface area contributed by atoms with Gasteiger partial charge >= 0.3 is 0 Å². The number of nitrogens with one attached hydrogen (secondary N) is 1. The smallest absolute Gasteiger partial charge is 0.220 e. The predicted octanol–water partition coefficient (Wildman–Crippen LogP) is 9.26. The van der Waals surface area contributed by atoms with Gasteiger partial charge < -0.3 is 5.32 Å². The van der Waals surface area contributed by atoms with E-state index in [9.17, 15) is 4.79 Å². The lowest BCUT2D eigenvalue weighted by atomic mass is 9.95. The summed E-state index contributed by atoms with van der Waals surface area (Å²) in [5.41, 5.74) is 0. The van der Waals surface area contributed by atoms with E-state index in [1.54, 1.807) is 0 Å². The second-order valence-corrected chi connectivity index (χ2v) is 10.0. The first-order chi connectivity index (χ1) is 14.8. The lowest BCUT2D eigenvalue weighted by Crippen LogP contribution is -2.35. The summed E-state index contributed by atoms with van der Waals surface area (Å²) in [5.74, 6) is 0.300. The zero-order valence-corrected chi connectivity index (χ0v) is 20.7. The third-order valence-electron chi connectivity index (χ3n) is 6.98. The molecule has 0 radical (unpaired) electrons. The molecule has 0 atom stereocenters. The average Bonchev–Trinajstić information content (AvgIpc) is 2.76. The monoisotopic (exact) mass is 421 g/mol. The van der Waals surface area contributed by atoms with Crippen LogP contribution in [0, 0.1) is 0 Å². The van der Waals surface area contributed by atoms with E-state index in [2.05, 4.69) is 12.2 Å². The first-order valence-corrected chi connectivity index (χ1v) is 14.1. The van der Waals surface area contributed by atoms with E-state index in [4.69, 9.17) is 0 Å². The molecule has 178 valence electrons. The molecule has 1 amide bonds. The van der Waals surface area contributed by atoms with Crippen molar-refractivity contribution >= 4 is 5.91 Å². The fourth-order valence-electron chi connectivity index (χ4n) is 4.91. The van der Waals surface area contributed by atoms with Gasteiger partial charge in [-0.1, -0.05) is 142 Å². The van der Waals surface area contributed by atoms with Gasteiger partial charge in [-0.3, -0.25) is 4.79 Å². The Hall–Kier alpha value is -0.530. The molecule has 1 fully saturated rings. The van der Waals surface area contributed by atoms with Gasteiger partial charge in [0.25, 0.3) is 0 Å². The highest BCUT2D eigenvalue weighted by Gasteiger charge is 2.15. The van der Waals surface area contributed by atoms with Crippen molar-refractivity contribution in [2.75, 3.05) is 0 Å². The van der Waals surface area contributed by atoms with E-state index < -0.39 is 0 Å². The quantitative estimate of drug-likeness (QED) is 0.184. The van der Waals surface area contributed by atoms with E-state index in [1.165, 1.54) is 148 Å². The topological polar surface area (TPSA) is 29.1 Å². The van der Waals surface area contributed by atoms with Crippen LogP contribution in [-0.4, -0.2) is 11.9 Å². The van der Waals surface area contributed by atoms with Crippen LogP contribution in [0.2, 0.25) is 0 Å². The summed E-state index contributed by atoms with van der Waals surface area (Å²) in [5, 5.41) is 3.24. The molecular formula is C28H55NO. The third kappa shape index (κ3) is 18.3. The highest BCUT2D eigenvalue weighted by molar-refractivity contribution is 5.76. The maximum absolute atomic E-state index is 12.0. The Labute approximate surface area is 189 Å². The Morgan fingerprint density at radius 2 is 0.933 bits per heavy atom. The molecule has 0 aliphatic heterocycles. The van der Waals surface area contributed by atoms with Gasteiger partial charge in [0.15, 0.2) is 0 Å². The van der Waals surface area contributed by atoms with Crippen molar-refractivity contribution in [3.8, 4) is 0 Å². The van der Waals surface area contributed by atoms with E-state index in [-0.39, 0.29) is 0 Å². The average molecular weight is 422 g/mol. The van der Waals surface area contributed by atoms with E-state index in [1.807, 2.05) is 0 Å². The Balaban J connectivity index is 1.69. The molecule has 1 N–H and O–H groups in total. The summed E-state index contributed by atoms with van der Waals surface area (Å²) in [6.45, 7) is 2.29. The molecule has 0 aromatic heterocycles. The Bertz CT molecular complexity index is 362. The molecule has 2 heteroatoms. The van der Waals surface area contributed by atoms with Crippen molar-refractivity contribution in [3.05, 3.63) is 0 Å². The molecule has 1 aliphatic rings. The summed E-state index contributed by atoms with van der Waals surface area (Å²) in [4.78, 5) is 12.0. The van der Waals surface area contributed by atoms with Crippen molar-refractivity contribution in [1.29, 1.82) is 0 Å². The molecule has 0 heterocycles. The molecule has 30 heavy (non-hydrogen) atoms. The normalized spacial score (nSPS) is 14.8. The summed E-state index contributed by atoms with van der Waals surface area (Å²) in [6.07, 6.45) is 33.7. The van der Waals surface area contributed by atoms with Crippen molar-refractivity contribution in [2.24, 2.45) is 0 Å². The Morgan fingerprint density at radius 1 is 0.567 bits per heavy atom. The number of hydrogen-bond acceptors (Lipinski definition) is 1. The fourth-order valence-corrected chi connectivity index (χ4v) is 4.91. The second-order valence-electron chi connectivity index (χ2n) is 10.0. The van der Waals surface area contributed by atoms with E-state index >= 15 is 0 Å². The highest BCUT2D eigenvalue weighted by atomic mass is 16.1. The van der Waals surface area contributed by atoms with Crippen LogP contribution in [0.3, 0.4) is 0 Å². The maximum atomic E-state index is 12.0. The van der Waals surface area contributed by atoms with Crippen molar-refractivity contribution in [2.45, 2.75) is 173 Å². The standard InChI is InChI=1S/C28H55NO/c1-2-3-4-5-6-7-8-9-10-11-12-13-14-15-16-17-18-19-23-26-28(30)29-27-24-21-20-22-25-27/h27H,2-26H2,1H3,(H,29,30). The number of unbranched alkanes of at least 4 members (excludes halogenated alkanes) is 18. The maximum Gasteiger partial charge on any atom is 0.220 e. The fraction of sp³-hybridized carbons (Fsp3) is 0.964. The minimum absolute atomic E-state index is 0.300. The predicted molar refractivity (Wildman–Crippen MR) is 133 cm³/mol. The molecule has 0 spiro atoms. The Kier molecular flexibility index (Phi) is 19.9. The zero-order chi connectivity index (χ0) is 21.5. The lowest BCUT2D eigenvalue weighted by Gasteiger charge is -2.22. The van der Waals surface area contributed by atoms with E-state index in [0.717, 1.165) is 12.8 Å². The van der Waals surface area contributed by atoms with E-state index in [0.29, 0.717) is 11.9 Å². The van der Waals surface area contributed by atoms with Gasteiger partial charge in [-0.25, -0.2) is 0 Å². The molecule has 0 aromatic rings. The molecular weight excluding hydrogens is 366 g/mol. The van der Waals surface area contributed by atoms with Crippen LogP contribution < -0.4 is 5.32 Å². The summed E-state index contributed by atoms with van der Waals surface area (Å²) in [7, 11) is 0. The van der Waals surface area contributed by atoms with Gasteiger partial charge in [-0.05, 0) is 19.3 Å². The van der Waals surface area contributed by atoms with Gasteiger partial charge in [0.2, 0.25) is 5.91 Å². The minimum Gasteiger partial charge on any atom is -0.353 e. The van der Waals surface area contributed by atoms with Crippen LogP contribution in [0.15, 0.2) is 0 Å². The first-order valence-electron chi connectivity index (χ1n) is 14.1.